The van der Waals surface area contributed by atoms with Crippen molar-refractivity contribution in [1.29, 1.82) is 0 Å². The third-order valence-electron chi connectivity index (χ3n) is 3.97. The van der Waals surface area contributed by atoms with Crippen molar-refractivity contribution in [2.75, 3.05) is 13.2 Å². The molecule has 1 unspecified atom stereocenters. The van der Waals surface area contributed by atoms with Crippen LogP contribution in [0.3, 0.4) is 0 Å². The summed E-state index contributed by atoms with van der Waals surface area (Å²) in [5, 5.41) is 9.32. The van der Waals surface area contributed by atoms with Crippen LogP contribution >= 0.6 is 0 Å². The van der Waals surface area contributed by atoms with Crippen LogP contribution in [0, 0.1) is 5.92 Å². The molecule has 94 valence electrons. The first-order valence-electron chi connectivity index (χ1n) is 6.51. The van der Waals surface area contributed by atoms with Crippen LogP contribution in [0.15, 0.2) is 30.3 Å². The molecule has 1 saturated heterocycles. The second-order valence-corrected chi connectivity index (χ2v) is 5.77. The van der Waals surface area contributed by atoms with Crippen molar-refractivity contribution in [3.8, 4) is 0 Å². The van der Waals surface area contributed by atoms with E-state index in [2.05, 4.69) is 49.1 Å². The summed E-state index contributed by atoms with van der Waals surface area (Å²) in [4.78, 5) is 2.51. The number of rotatable bonds is 3. The molecule has 1 atom stereocenters. The number of hydrogen-bond donors (Lipinski definition) is 1. The summed E-state index contributed by atoms with van der Waals surface area (Å²) in [6.07, 6.45) is 2.32. The Kier molecular flexibility index (Phi) is 3.85. The molecule has 1 aliphatic heterocycles. The van der Waals surface area contributed by atoms with Crippen molar-refractivity contribution in [3.63, 3.8) is 0 Å². The molecular formula is C15H23NO. The Balaban J connectivity index is 2.06. The molecule has 1 heterocycles. The molecule has 1 fully saturated rings. The predicted molar refractivity (Wildman–Crippen MR) is 70.7 cm³/mol. The summed E-state index contributed by atoms with van der Waals surface area (Å²) >= 11 is 0. The van der Waals surface area contributed by atoms with E-state index in [1.807, 2.05) is 0 Å². The largest absolute Gasteiger partial charge is 0.396 e. The van der Waals surface area contributed by atoms with E-state index >= 15 is 0 Å². The number of aliphatic hydroxyl groups is 1. The molecule has 0 saturated carbocycles. The molecule has 0 amide bonds. The minimum atomic E-state index is 0.251. The molecule has 0 spiro atoms. The monoisotopic (exact) mass is 233 g/mol. The van der Waals surface area contributed by atoms with E-state index in [9.17, 15) is 5.11 Å². The van der Waals surface area contributed by atoms with Crippen molar-refractivity contribution in [2.24, 2.45) is 5.92 Å². The Morgan fingerprint density at radius 3 is 2.65 bits per heavy atom. The zero-order valence-electron chi connectivity index (χ0n) is 10.9. The molecule has 0 aliphatic carbocycles. The molecular weight excluding hydrogens is 210 g/mol. The van der Waals surface area contributed by atoms with E-state index in [-0.39, 0.29) is 5.54 Å². The number of hydrogen-bond acceptors (Lipinski definition) is 2. The van der Waals surface area contributed by atoms with Gasteiger partial charge < -0.3 is 5.11 Å². The predicted octanol–water partition coefficient (Wildman–Crippen LogP) is 2.67. The Morgan fingerprint density at radius 2 is 2.00 bits per heavy atom. The van der Waals surface area contributed by atoms with Gasteiger partial charge >= 0.3 is 0 Å². The molecule has 0 aromatic heterocycles. The Labute approximate surface area is 104 Å². The zero-order chi connectivity index (χ0) is 12.3. The summed E-state index contributed by atoms with van der Waals surface area (Å²) in [6, 6.07) is 10.6. The maximum Gasteiger partial charge on any atom is 0.0471 e. The van der Waals surface area contributed by atoms with Gasteiger partial charge in [0.25, 0.3) is 0 Å². The van der Waals surface area contributed by atoms with Crippen LogP contribution in [0.25, 0.3) is 0 Å². The zero-order valence-corrected chi connectivity index (χ0v) is 10.9. The summed E-state index contributed by atoms with van der Waals surface area (Å²) in [5.41, 5.74) is 1.61. The van der Waals surface area contributed by atoms with Crippen LogP contribution in [0.4, 0.5) is 0 Å². The van der Waals surface area contributed by atoms with Gasteiger partial charge in [-0.25, -0.2) is 0 Å². The lowest BCUT2D eigenvalue weighted by Crippen LogP contribution is -2.50. The van der Waals surface area contributed by atoms with E-state index in [1.54, 1.807) is 0 Å². The minimum Gasteiger partial charge on any atom is -0.396 e. The highest BCUT2D eigenvalue weighted by Crippen LogP contribution is 2.31. The van der Waals surface area contributed by atoms with Crippen molar-refractivity contribution in [1.82, 2.24) is 4.90 Å². The number of nitrogens with zero attached hydrogens (tertiary/aromatic N) is 1. The molecule has 0 radical (unpaired) electrons. The summed E-state index contributed by atoms with van der Waals surface area (Å²) in [6.45, 7) is 6.94. The third-order valence-corrected chi connectivity index (χ3v) is 3.97. The lowest BCUT2D eigenvalue weighted by atomic mass is 9.85. The highest BCUT2D eigenvalue weighted by Gasteiger charge is 2.33. The van der Waals surface area contributed by atoms with E-state index in [4.69, 9.17) is 0 Å². The third kappa shape index (κ3) is 3.08. The SMILES string of the molecule is CC1(C)CCC(CO)CN1Cc1ccccc1. The second kappa shape index (κ2) is 5.19. The van der Waals surface area contributed by atoms with Gasteiger partial charge in [0.15, 0.2) is 0 Å². The maximum absolute atomic E-state index is 9.32. The summed E-state index contributed by atoms with van der Waals surface area (Å²) < 4.78 is 0. The highest BCUT2D eigenvalue weighted by molar-refractivity contribution is 5.15. The number of piperidine rings is 1. The van der Waals surface area contributed by atoms with E-state index in [1.165, 1.54) is 12.0 Å². The number of likely N-dealkylation sites (tertiary alicyclic amines) is 1. The van der Waals surface area contributed by atoms with Crippen LogP contribution in [-0.2, 0) is 6.54 Å². The summed E-state index contributed by atoms with van der Waals surface area (Å²) in [5.74, 6) is 0.451. The lowest BCUT2D eigenvalue weighted by molar-refractivity contribution is 0.0197. The van der Waals surface area contributed by atoms with Crippen LogP contribution in [0.5, 0.6) is 0 Å². The van der Waals surface area contributed by atoms with Gasteiger partial charge in [0, 0.05) is 25.2 Å². The highest BCUT2D eigenvalue weighted by atomic mass is 16.3. The average molecular weight is 233 g/mol. The molecule has 2 heteroatoms. The molecule has 1 aromatic carbocycles. The molecule has 2 nitrogen and oxygen atoms in total. The van der Waals surface area contributed by atoms with Gasteiger partial charge in [-0.05, 0) is 38.2 Å². The fraction of sp³-hybridized carbons (Fsp3) is 0.600. The van der Waals surface area contributed by atoms with E-state index in [0.717, 1.165) is 19.5 Å². The normalized spacial score (nSPS) is 24.8. The summed E-state index contributed by atoms with van der Waals surface area (Å²) in [7, 11) is 0. The Morgan fingerprint density at radius 1 is 1.29 bits per heavy atom. The minimum absolute atomic E-state index is 0.251. The first kappa shape index (κ1) is 12.6. The van der Waals surface area contributed by atoms with Crippen LogP contribution in [0.2, 0.25) is 0 Å². The standard InChI is InChI=1S/C15H23NO/c1-15(2)9-8-14(12-17)11-16(15)10-13-6-4-3-5-7-13/h3-7,14,17H,8-12H2,1-2H3. The molecule has 17 heavy (non-hydrogen) atoms. The smallest absolute Gasteiger partial charge is 0.0471 e. The lowest BCUT2D eigenvalue weighted by Gasteiger charge is -2.45. The van der Waals surface area contributed by atoms with Gasteiger partial charge in [-0.3, -0.25) is 4.90 Å². The number of aliphatic hydroxyl groups excluding tert-OH is 1. The topological polar surface area (TPSA) is 23.5 Å². The Hall–Kier alpha value is -0.860. The van der Waals surface area contributed by atoms with Gasteiger partial charge in [-0.15, -0.1) is 0 Å². The van der Waals surface area contributed by atoms with Crippen molar-refractivity contribution in [3.05, 3.63) is 35.9 Å². The first-order chi connectivity index (χ1) is 8.12. The quantitative estimate of drug-likeness (QED) is 0.867. The van der Waals surface area contributed by atoms with Crippen molar-refractivity contribution < 1.29 is 5.11 Å². The molecule has 2 rings (SSSR count). The molecule has 1 aromatic rings. The maximum atomic E-state index is 9.32. The van der Waals surface area contributed by atoms with Gasteiger partial charge in [0.05, 0.1) is 0 Å². The fourth-order valence-corrected chi connectivity index (χ4v) is 2.60. The van der Waals surface area contributed by atoms with Crippen molar-refractivity contribution >= 4 is 0 Å². The van der Waals surface area contributed by atoms with Gasteiger partial charge in [0.1, 0.15) is 0 Å². The fourth-order valence-electron chi connectivity index (χ4n) is 2.60. The first-order valence-corrected chi connectivity index (χ1v) is 6.51. The van der Waals surface area contributed by atoms with Gasteiger partial charge in [-0.1, -0.05) is 30.3 Å². The van der Waals surface area contributed by atoms with Crippen molar-refractivity contribution in [2.45, 2.75) is 38.8 Å². The van der Waals surface area contributed by atoms with Gasteiger partial charge in [0.2, 0.25) is 0 Å². The molecule has 1 N–H and O–H groups in total. The molecule has 0 bridgehead atoms. The van der Waals surface area contributed by atoms with Crippen LogP contribution < -0.4 is 0 Å². The van der Waals surface area contributed by atoms with Crippen LogP contribution in [-0.4, -0.2) is 28.7 Å². The van der Waals surface area contributed by atoms with Crippen LogP contribution in [0.1, 0.15) is 32.3 Å². The average Bonchev–Trinajstić information content (AvgIpc) is 2.33. The molecule has 1 aliphatic rings. The second-order valence-electron chi connectivity index (χ2n) is 5.77. The number of benzene rings is 1. The van der Waals surface area contributed by atoms with E-state index < -0.39 is 0 Å². The van der Waals surface area contributed by atoms with Gasteiger partial charge in [-0.2, -0.15) is 0 Å². The Bertz CT molecular complexity index is 347. The van der Waals surface area contributed by atoms with E-state index in [0.29, 0.717) is 12.5 Å².